The predicted molar refractivity (Wildman–Crippen MR) is 328 cm³/mol. The summed E-state index contributed by atoms with van der Waals surface area (Å²) in [5, 5.41) is 14.9. The monoisotopic (exact) mass is 1020 g/mol. The minimum Gasteiger partial charge on any atom is -0.257 e. The highest BCUT2D eigenvalue weighted by molar-refractivity contribution is 6.17. The van der Waals surface area contributed by atoms with Gasteiger partial charge in [0.05, 0.1) is 57.0 Å². The van der Waals surface area contributed by atoms with Crippen molar-refractivity contribution in [3.63, 3.8) is 0 Å². The molecule has 0 N–H and O–H groups in total. The van der Waals surface area contributed by atoms with Crippen molar-refractivity contribution in [1.82, 2.24) is 19.9 Å². The molecule has 4 aromatic heterocycles. The molecule has 0 amide bonds. The summed E-state index contributed by atoms with van der Waals surface area (Å²) in [5.74, 6) is 0. The van der Waals surface area contributed by atoms with E-state index in [1.54, 1.807) is 0 Å². The van der Waals surface area contributed by atoms with Crippen molar-refractivity contribution < 1.29 is 0 Å². The van der Waals surface area contributed by atoms with E-state index in [9.17, 15) is 5.26 Å². The standard InChI is InChI=1S/C74H44N6/c1-76-74-67(60-41-39-58-62(48-24-10-3-11-25-48)45-65(50-28-14-5-15-29-50)78-71(58)73(60)80-69(74)52-32-18-7-19-33-52)56-37-21-35-54(43-56)53-34-20-36-55(42-53)66-59-40-38-57-61(47-22-8-2-9-23-47)44-64(49-26-12-4-13-27-49)77-70(57)72(59)79-68(63(66)46-75)51-30-16-6-17-31-51/h2-45H. The summed E-state index contributed by atoms with van der Waals surface area (Å²) in [6.07, 6.45) is 0. The highest BCUT2D eigenvalue weighted by atomic mass is 14.8. The van der Waals surface area contributed by atoms with Gasteiger partial charge >= 0.3 is 0 Å². The van der Waals surface area contributed by atoms with E-state index in [1.807, 2.05) is 109 Å². The third-order valence-electron chi connectivity index (χ3n) is 15.1. The first-order valence-electron chi connectivity index (χ1n) is 26.5. The SMILES string of the molecule is [C-]#[N+]c1c(-c2ccccc2)nc2c(ccc3c(-c4ccccc4)cc(-c4ccccc4)nc32)c1-c1cccc(-c2cccc(-c3c(C#N)c(-c4ccccc4)nc4c3ccc3c(-c5ccccc5)cc(-c5ccccc5)nc34)c2)c1. The molecular formula is C74H44N6. The molecule has 0 bridgehead atoms. The first-order valence-corrected chi connectivity index (χ1v) is 26.5. The van der Waals surface area contributed by atoms with Crippen LogP contribution in [0.1, 0.15) is 5.56 Å². The second-order valence-corrected chi connectivity index (χ2v) is 19.8. The van der Waals surface area contributed by atoms with Crippen molar-refractivity contribution in [3.8, 4) is 107 Å². The van der Waals surface area contributed by atoms with Crippen molar-refractivity contribution >= 4 is 49.3 Å². The summed E-state index contributed by atoms with van der Waals surface area (Å²) in [5.41, 5.74) is 19.8. The molecule has 14 aromatic rings. The van der Waals surface area contributed by atoms with Gasteiger partial charge in [-0.05, 0) is 85.3 Å². The lowest BCUT2D eigenvalue weighted by molar-refractivity contribution is 1.34. The number of nitriles is 1. The molecular weight excluding hydrogens is 973 g/mol. The van der Waals surface area contributed by atoms with Gasteiger partial charge in [-0.1, -0.05) is 243 Å². The van der Waals surface area contributed by atoms with Crippen LogP contribution in [0.3, 0.4) is 0 Å². The Hall–Kier alpha value is -11.2. The van der Waals surface area contributed by atoms with Crippen molar-refractivity contribution in [1.29, 1.82) is 5.26 Å². The number of pyridine rings is 4. The fraction of sp³-hybridized carbons (Fsp3) is 0. The van der Waals surface area contributed by atoms with Crippen LogP contribution in [0.2, 0.25) is 0 Å². The molecule has 14 rings (SSSR count). The van der Waals surface area contributed by atoms with Crippen LogP contribution in [0.5, 0.6) is 0 Å². The summed E-state index contributed by atoms with van der Waals surface area (Å²) in [7, 11) is 0. The fourth-order valence-corrected chi connectivity index (χ4v) is 11.4. The van der Waals surface area contributed by atoms with Crippen molar-refractivity contribution in [3.05, 3.63) is 284 Å². The maximum Gasteiger partial charge on any atom is 0.221 e. The molecule has 6 heteroatoms. The Morgan fingerprint density at radius 3 is 1.07 bits per heavy atom. The van der Waals surface area contributed by atoms with Gasteiger partial charge in [-0.3, -0.25) is 4.98 Å². The number of benzene rings is 10. The van der Waals surface area contributed by atoms with Crippen LogP contribution in [-0.4, -0.2) is 19.9 Å². The molecule has 0 aliphatic carbocycles. The lowest BCUT2D eigenvalue weighted by Crippen LogP contribution is -1.99. The molecule has 0 spiro atoms. The smallest absolute Gasteiger partial charge is 0.221 e. The van der Waals surface area contributed by atoms with Gasteiger partial charge in [0.1, 0.15) is 6.07 Å². The molecule has 4 heterocycles. The summed E-state index contributed by atoms with van der Waals surface area (Å²) < 4.78 is 0. The molecule has 10 aromatic carbocycles. The zero-order valence-corrected chi connectivity index (χ0v) is 43.1. The molecule has 0 unspecified atom stereocenters. The Kier molecular flexibility index (Phi) is 11.9. The molecule has 0 fully saturated rings. The first kappa shape index (κ1) is 47.3. The molecule has 0 saturated heterocycles. The number of hydrogen-bond acceptors (Lipinski definition) is 5. The minimum absolute atomic E-state index is 0.457. The zero-order chi connectivity index (χ0) is 53.5. The van der Waals surface area contributed by atoms with Gasteiger partial charge < -0.3 is 0 Å². The summed E-state index contributed by atoms with van der Waals surface area (Å²) in [6.45, 7) is 8.87. The lowest BCUT2D eigenvalue weighted by Gasteiger charge is -2.18. The Morgan fingerprint density at radius 1 is 0.300 bits per heavy atom. The maximum absolute atomic E-state index is 11.3. The van der Waals surface area contributed by atoms with Gasteiger partial charge in [-0.15, -0.1) is 0 Å². The van der Waals surface area contributed by atoms with E-state index in [0.717, 1.165) is 122 Å². The van der Waals surface area contributed by atoms with Crippen LogP contribution in [0.25, 0.3) is 149 Å². The number of aromatic nitrogens is 4. The number of fused-ring (bicyclic) bond motifs is 6. The van der Waals surface area contributed by atoms with Crippen LogP contribution >= 0.6 is 0 Å². The van der Waals surface area contributed by atoms with E-state index < -0.39 is 0 Å². The van der Waals surface area contributed by atoms with Crippen molar-refractivity contribution in [2.45, 2.75) is 0 Å². The summed E-state index contributed by atoms with van der Waals surface area (Å²) in [6, 6.07) is 93.6. The van der Waals surface area contributed by atoms with Crippen LogP contribution in [-0.2, 0) is 0 Å². The normalized spacial score (nSPS) is 11.2. The molecule has 0 atom stereocenters. The van der Waals surface area contributed by atoms with Gasteiger partial charge in [0.25, 0.3) is 0 Å². The minimum atomic E-state index is 0.457. The topological polar surface area (TPSA) is 79.7 Å². The molecule has 0 radical (unpaired) electrons. The van der Waals surface area contributed by atoms with E-state index in [4.69, 9.17) is 26.5 Å². The van der Waals surface area contributed by atoms with Gasteiger partial charge in [0.2, 0.25) is 5.69 Å². The van der Waals surface area contributed by atoms with Crippen molar-refractivity contribution in [2.75, 3.05) is 0 Å². The highest BCUT2D eigenvalue weighted by Crippen LogP contribution is 2.48. The lowest BCUT2D eigenvalue weighted by atomic mass is 9.88. The van der Waals surface area contributed by atoms with E-state index >= 15 is 0 Å². The Labute approximate surface area is 462 Å². The van der Waals surface area contributed by atoms with Crippen LogP contribution in [0, 0.1) is 17.9 Å². The van der Waals surface area contributed by atoms with Crippen LogP contribution in [0.4, 0.5) is 5.69 Å². The molecule has 0 saturated carbocycles. The molecule has 80 heavy (non-hydrogen) atoms. The Morgan fingerprint density at radius 2 is 0.637 bits per heavy atom. The average molecular weight is 1020 g/mol. The average Bonchev–Trinajstić information content (AvgIpc) is 3.64. The van der Waals surface area contributed by atoms with Gasteiger partial charge in [-0.25, -0.2) is 19.8 Å². The largest absolute Gasteiger partial charge is 0.257 e. The van der Waals surface area contributed by atoms with Gasteiger partial charge in [0.15, 0.2) is 0 Å². The first-order chi connectivity index (χ1) is 39.6. The fourth-order valence-electron chi connectivity index (χ4n) is 11.4. The highest BCUT2D eigenvalue weighted by Gasteiger charge is 2.25. The maximum atomic E-state index is 11.3. The Bertz CT molecular complexity index is 4490. The second kappa shape index (κ2) is 20.1. The van der Waals surface area contributed by atoms with Crippen LogP contribution < -0.4 is 0 Å². The van der Waals surface area contributed by atoms with Crippen molar-refractivity contribution in [2.24, 2.45) is 0 Å². The molecule has 6 nitrogen and oxygen atoms in total. The predicted octanol–water partition coefficient (Wildman–Crippen LogP) is 19.3. The third-order valence-corrected chi connectivity index (χ3v) is 15.1. The van der Waals surface area contributed by atoms with Crippen LogP contribution in [0.15, 0.2) is 267 Å². The summed E-state index contributed by atoms with van der Waals surface area (Å²) >= 11 is 0. The quantitative estimate of drug-likeness (QED) is 0.106. The Balaban J connectivity index is 0.991. The summed E-state index contributed by atoms with van der Waals surface area (Å²) in [4.78, 5) is 26.1. The van der Waals surface area contributed by atoms with Gasteiger partial charge in [-0.2, -0.15) is 5.26 Å². The van der Waals surface area contributed by atoms with E-state index in [1.165, 1.54) is 0 Å². The van der Waals surface area contributed by atoms with E-state index in [2.05, 4.69) is 169 Å². The van der Waals surface area contributed by atoms with E-state index in [0.29, 0.717) is 33.7 Å². The molecule has 0 aliphatic heterocycles. The number of hydrogen-bond donors (Lipinski definition) is 0. The third kappa shape index (κ3) is 8.29. The molecule has 370 valence electrons. The second-order valence-electron chi connectivity index (χ2n) is 19.8. The van der Waals surface area contributed by atoms with Gasteiger partial charge in [0, 0.05) is 38.4 Å². The number of nitrogens with zero attached hydrogens (tertiary/aromatic N) is 6. The number of rotatable bonds is 9. The van der Waals surface area contributed by atoms with E-state index in [-0.39, 0.29) is 0 Å². The molecule has 0 aliphatic rings. The zero-order valence-electron chi connectivity index (χ0n) is 43.1.